The molecule has 2 aliphatic heterocycles. The molecular formula is C12H20F2N2O. The predicted molar refractivity (Wildman–Crippen MR) is 60.9 cm³/mol. The third-order valence-electron chi connectivity index (χ3n) is 4.04. The van der Waals surface area contributed by atoms with Crippen molar-refractivity contribution in [1.82, 2.24) is 10.2 Å². The first-order chi connectivity index (χ1) is 7.92. The number of hydrogen-bond donors (Lipinski definition) is 1. The Hall–Kier alpha value is -0.710. The predicted octanol–water partition coefficient (Wildman–Crippen LogP) is 1.49. The topological polar surface area (TPSA) is 32.3 Å². The molecule has 1 N–H and O–H groups in total. The zero-order valence-corrected chi connectivity index (χ0v) is 10.4. The average Bonchev–Trinajstić information content (AvgIpc) is 2.48. The van der Waals surface area contributed by atoms with Crippen LogP contribution in [0.4, 0.5) is 8.78 Å². The van der Waals surface area contributed by atoms with Gasteiger partial charge in [-0.05, 0) is 6.42 Å². The van der Waals surface area contributed by atoms with Crippen molar-refractivity contribution in [1.29, 1.82) is 0 Å². The Morgan fingerprint density at radius 3 is 2.47 bits per heavy atom. The fraction of sp³-hybridized carbons (Fsp3) is 0.917. The summed E-state index contributed by atoms with van der Waals surface area (Å²) in [5.74, 6) is -2.99. The lowest BCUT2D eigenvalue weighted by Crippen LogP contribution is -2.62. The van der Waals surface area contributed by atoms with Gasteiger partial charge in [0.15, 0.2) is 0 Å². The van der Waals surface area contributed by atoms with E-state index in [4.69, 9.17) is 0 Å². The van der Waals surface area contributed by atoms with Crippen molar-refractivity contribution in [3.05, 3.63) is 0 Å². The van der Waals surface area contributed by atoms with Crippen molar-refractivity contribution < 1.29 is 13.6 Å². The van der Waals surface area contributed by atoms with E-state index in [1.165, 1.54) is 4.90 Å². The Morgan fingerprint density at radius 2 is 2.06 bits per heavy atom. The maximum atomic E-state index is 13.9. The third-order valence-corrected chi connectivity index (χ3v) is 4.04. The van der Waals surface area contributed by atoms with Crippen LogP contribution in [-0.4, -0.2) is 42.9 Å². The first-order valence-corrected chi connectivity index (χ1v) is 6.29. The minimum Gasteiger partial charge on any atom is -0.336 e. The highest BCUT2D eigenvalue weighted by atomic mass is 19.3. The van der Waals surface area contributed by atoms with E-state index in [0.29, 0.717) is 13.1 Å². The van der Waals surface area contributed by atoms with E-state index in [1.807, 2.05) is 13.8 Å². The quantitative estimate of drug-likeness (QED) is 0.818. The summed E-state index contributed by atoms with van der Waals surface area (Å²) in [7, 11) is 0. The zero-order chi connectivity index (χ0) is 12.7. The molecule has 2 saturated heterocycles. The zero-order valence-electron chi connectivity index (χ0n) is 10.4. The summed E-state index contributed by atoms with van der Waals surface area (Å²) in [4.78, 5) is 13.4. The standard InChI is InChI=1S/C12H20F2N2O/c1-3-4-9(2)10(17)16-7-11(5-15-6-11)12(13,14)8-16/h9,15H,3-8H2,1-2H3. The lowest BCUT2D eigenvalue weighted by atomic mass is 9.78. The molecule has 0 aromatic heterocycles. The molecule has 2 heterocycles. The number of alkyl halides is 2. The lowest BCUT2D eigenvalue weighted by Gasteiger charge is -2.42. The van der Waals surface area contributed by atoms with E-state index < -0.39 is 17.9 Å². The van der Waals surface area contributed by atoms with Crippen molar-refractivity contribution in [2.24, 2.45) is 11.3 Å². The highest BCUT2D eigenvalue weighted by Gasteiger charge is 2.63. The first kappa shape index (κ1) is 12.7. The molecule has 0 aliphatic carbocycles. The molecule has 1 unspecified atom stereocenters. The van der Waals surface area contributed by atoms with Crippen molar-refractivity contribution in [2.75, 3.05) is 26.2 Å². The van der Waals surface area contributed by atoms with Gasteiger partial charge in [-0.3, -0.25) is 4.79 Å². The second-order valence-corrected chi connectivity index (χ2v) is 5.47. The maximum absolute atomic E-state index is 13.9. The molecular weight excluding hydrogens is 226 g/mol. The smallest absolute Gasteiger partial charge is 0.274 e. The molecule has 0 saturated carbocycles. The third kappa shape index (κ3) is 1.94. The fourth-order valence-electron chi connectivity index (χ4n) is 2.77. The summed E-state index contributed by atoms with van der Waals surface area (Å²) < 4.78 is 27.7. The molecule has 2 rings (SSSR count). The van der Waals surface area contributed by atoms with E-state index in [-0.39, 0.29) is 18.4 Å². The van der Waals surface area contributed by atoms with E-state index in [9.17, 15) is 13.6 Å². The number of rotatable bonds is 3. The van der Waals surface area contributed by atoms with E-state index in [2.05, 4.69) is 5.32 Å². The molecule has 98 valence electrons. The Labute approximate surface area is 101 Å². The molecule has 0 bridgehead atoms. The van der Waals surface area contributed by atoms with Crippen LogP contribution in [0.15, 0.2) is 0 Å². The van der Waals surface area contributed by atoms with Crippen molar-refractivity contribution in [3.63, 3.8) is 0 Å². The average molecular weight is 246 g/mol. The molecule has 0 aromatic rings. The number of hydrogen-bond acceptors (Lipinski definition) is 2. The minimum atomic E-state index is -2.74. The van der Waals surface area contributed by atoms with E-state index in [1.54, 1.807) is 0 Å². The van der Waals surface area contributed by atoms with Gasteiger partial charge in [0.25, 0.3) is 5.92 Å². The number of halogens is 2. The van der Waals surface area contributed by atoms with Crippen LogP contribution in [0.5, 0.6) is 0 Å². The van der Waals surface area contributed by atoms with Gasteiger partial charge >= 0.3 is 0 Å². The minimum absolute atomic E-state index is 0.115. The Morgan fingerprint density at radius 1 is 1.41 bits per heavy atom. The number of carbonyl (C=O) groups excluding carboxylic acids is 1. The van der Waals surface area contributed by atoms with E-state index in [0.717, 1.165) is 12.8 Å². The summed E-state index contributed by atoms with van der Waals surface area (Å²) in [6.07, 6.45) is 1.68. The number of likely N-dealkylation sites (tertiary alicyclic amines) is 1. The van der Waals surface area contributed by atoms with Gasteiger partial charge in [-0.15, -0.1) is 0 Å². The monoisotopic (exact) mass is 246 g/mol. The first-order valence-electron chi connectivity index (χ1n) is 6.29. The summed E-state index contributed by atoms with van der Waals surface area (Å²) >= 11 is 0. The van der Waals surface area contributed by atoms with Crippen LogP contribution in [0.2, 0.25) is 0 Å². The summed E-state index contributed by atoms with van der Waals surface area (Å²) in [5.41, 5.74) is -0.991. The van der Waals surface area contributed by atoms with Gasteiger partial charge in [0.1, 0.15) is 0 Å². The van der Waals surface area contributed by atoms with Gasteiger partial charge in [0, 0.05) is 25.6 Å². The van der Waals surface area contributed by atoms with Crippen LogP contribution in [0.25, 0.3) is 0 Å². The molecule has 1 amide bonds. The number of nitrogens with zero attached hydrogens (tertiary/aromatic N) is 1. The Balaban J connectivity index is 2.03. The summed E-state index contributed by atoms with van der Waals surface area (Å²) in [6, 6.07) is 0. The number of carbonyl (C=O) groups is 1. The maximum Gasteiger partial charge on any atom is 0.274 e. The van der Waals surface area contributed by atoms with E-state index >= 15 is 0 Å². The molecule has 3 nitrogen and oxygen atoms in total. The Bertz CT molecular complexity index is 316. The van der Waals surface area contributed by atoms with Gasteiger partial charge in [-0.1, -0.05) is 20.3 Å². The fourth-order valence-corrected chi connectivity index (χ4v) is 2.77. The van der Waals surface area contributed by atoms with Gasteiger partial charge < -0.3 is 10.2 Å². The SMILES string of the molecule is CCCC(C)C(=O)N1CC(F)(F)C2(CNC2)C1. The van der Waals surface area contributed by atoms with Crippen molar-refractivity contribution in [2.45, 2.75) is 32.6 Å². The second-order valence-electron chi connectivity index (χ2n) is 5.47. The van der Waals surface area contributed by atoms with Crippen molar-refractivity contribution >= 4 is 5.91 Å². The molecule has 2 aliphatic rings. The van der Waals surface area contributed by atoms with Crippen LogP contribution in [0.1, 0.15) is 26.7 Å². The normalized spacial score (nSPS) is 26.9. The largest absolute Gasteiger partial charge is 0.336 e. The van der Waals surface area contributed by atoms with Gasteiger partial charge in [0.2, 0.25) is 5.91 Å². The lowest BCUT2D eigenvalue weighted by molar-refractivity contribution is -0.135. The molecule has 0 aromatic carbocycles. The Kier molecular flexibility index (Phi) is 3.14. The second kappa shape index (κ2) is 4.19. The summed E-state index contributed by atoms with van der Waals surface area (Å²) in [6.45, 7) is 4.28. The highest BCUT2D eigenvalue weighted by molar-refractivity contribution is 5.79. The molecule has 17 heavy (non-hydrogen) atoms. The van der Waals surface area contributed by atoms with Gasteiger partial charge in [-0.25, -0.2) is 8.78 Å². The van der Waals surface area contributed by atoms with Crippen LogP contribution >= 0.6 is 0 Å². The molecule has 1 spiro atoms. The highest BCUT2D eigenvalue weighted by Crippen LogP contribution is 2.46. The van der Waals surface area contributed by atoms with Crippen LogP contribution in [0.3, 0.4) is 0 Å². The van der Waals surface area contributed by atoms with Gasteiger partial charge in [-0.2, -0.15) is 0 Å². The van der Waals surface area contributed by atoms with Crippen LogP contribution < -0.4 is 5.32 Å². The van der Waals surface area contributed by atoms with Crippen LogP contribution in [0, 0.1) is 11.3 Å². The molecule has 2 fully saturated rings. The van der Waals surface area contributed by atoms with Crippen LogP contribution in [-0.2, 0) is 4.79 Å². The van der Waals surface area contributed by atoms with Gasteiger partial charge in [0.05, 0.1) is 12.0 Å². The number of amides is 1. The van der Waals surface area contributed by atoms with Crippen molar-refractivity contribution in [3.8, 4) is 0 Å². The summed E-state index contributed by atoms with van der Waals surface area (Å²) in [5, 5.41) is 2.90. The molecule has 0 radical (unpaired) electrons. The molecule has 1 atom stereocenters. The number of nitrogens with one attached hydrogen (secondary N) is 1. The molecule has 5 heteroatoms.